The summed E-state index contributed by atoms with van der Waals surface area (Å²) < 4.78 is 1.07. The molecule has 2 N–H and O–H groups in total. The smallest absolute Gasteiger partial charge is 0.148 e. The van der Waals surface area contributed by atoms with Gasteiger partial charge in [-0.25, -0.2) is 9.97 Å². The van der Waals surface area contributed by atoms with Crippen LogP contribution in [0, 0.1) is 0 Å². The summed E-state index contributed by atoms with van der Waals surface area (Å²) in [5.41, 5.74) is 7.93. The zero-order valence-corrected chi connectivity index (χ0v) is 10.8. The van der Waals surface area contributed by atoms with E-state index in [1.165, 1.54) is 0 Å². The van der Waals surface area contributed by atoms with Crippen LogP contribution in [-0.4, -0.2) is 9.97 Å². The van der Waals surface area contributed by atoms with Crippen molar-refractivity contribution in [2.24, 2.45) is 5.73 Å². The Labute approximate surface area is 108 Å². The molecule has 1 aliphatic rings. The molecule has 0 spiro atoms. The lowest BCUT2D eigenvalue weighted by Gasteiger charge is -2.07. The molecule has 0 radical (unpaired) electrons. The van der Waals surface area contributed by atoms with Crippen molar-refractivity contribution < 1.29 is 0 Å². The van der Waals surface area contributed by atoms with Gasteiger partial charge < -0.3 is 5.73 Å². The Morgan fingerprint density at radius 2 is 1.59 bits per heavy atom. The van der Waals surface area contributed by atoms with E-state index in [0.717, 1.165) is 34.3 Å². The second-order valence-electron chi connectivity index (χ2n) is 4.46. The molecule has 0 saturated heterocycles. The lowest BCUT2D eigenvalue weighted by atomic mass is 10.1. The number of nitrogens with zero attached hydrogens (tertiary/aromatic N) is 2. The van der Waals surface area contributed by atoms with Crippen molar-refractivity contribution in [3.05, 3.63) is 47.0 Å². The second kappa shape index (κ2) is 3.89. The SMILES string of the molecule is NC1(c2ncc(-c3ccc(Br)cc3)cn2)CC1. The minimum absolute atomic E-state index is 0.252. The summed E-state index contributed by atoms with van der Waals surface area (Å²) in [6.45, 7) is 0. The van der Waals surface area contributed by atoms with Crippen LogP contribution in [0.4, 0.5) is 0 Å². The zero-order valence-electron chi connectivity index (χ0n) is 9.23. The third-order valence-corrected chi connectivity index (χ3v) is 3.59. The van der Waals surface area contributed by atoms with Crippen molar-refractivity contribution in [2.45, 2.75) is 18.4 Å². The molecule has 1 aromatic heterocycles. The monoisotopic (exact) mass is 289 g/mol. The van der Waals surface area contributed by atoms with Crippen LogP contribution in [0.25, 0.3) is 11.1 Å². The third-order valence-electron chi connectivity index (χ3n) is 3.06. The average molecular weight is 290 g/mol. The summed E-state index contributed by atoms with van der Waals surface area (Å²) in [4.78, 5) is 8.73. The Bertz CT molecular complexity index is 530. The number of hydrogen-bond acceptors (Lipinski definition) is 3. The van der Waals surface area contributed by atoms with Crippen LogP contribution >= 0.6 is 15.9 Å². The Balaban J connectivity index is 1.91. The van der Waals surface area contributed by atoms with Gasteiger partial charge in [-0.1, -0.05) is 28.1 Å². The quantitative estimate of drug-likeness (QED) is 0.925. The maximum absolute atomic E-state index is 6.05. The van der Waals surface area contributed by atoms with Crippen molar-refractivity contribution in [1.82, 2.24) is 9.97 Å². The first-order valence-electron chi connectivity index (χ1n) is 5.55. The molecule has 1 heterocycles. The van der Waals surface area contributed by atoms with E-state index in [2.05, 4.69) is 25.9 Å². The molecule has 1 aliphatic carbocycles. The zero-order chi connectivity index (χ0) is 11.9. The fourth-order valence-corrected chi connectivity index (χ4v) is 2.00. The van der Waals surface area contributed by atoms with Gasteiger partial charge in [0, 0.05) is 22.4 Å². The Kier molecular flexibility index (Phi) is 2.49. The van der Waals surface area contributed by atoms with Crippen molar-refractivity contribution in [2.75, 3.05) is 0 Å². The average Bonchev–Trinajstić information content (AvgIpc) is 3.10. The van der Waals surface area contributed by atoms with E-state index in [1.807, 2.05) is 36.7 Å². The molecule has 3 rings (SSSR count). The van der Waals surface area contributed by atoms with Gasteiger partial charge in [-0.2, -0.15) is 0 Å². The lowest BCUT2D eigenvalue weighted by molar-refractivity contribution is 0.672. The number of rotatable bonds is 2. The largest absolute Gasteiger partial charge is 0.319 e. The van der Waals surface area contributed by atoms with E-state index in [-0.39, 0.29) is 5.54 Å². The molecule has 4 heteroatoms. The highest BCUT2D eigenvalue weighted by atomic mass is 79.9. The lowest BCUT2D eigenvalue weighted by Crippen LogP contribution is -2.21. The normalized spacial score (nSPS) is 16.8. The first kappa shape index (κ1) is 10.9. The topological polar surface area (TPSA) is 51.8 Å². The molecule has 1 saturated carbocycles. The van der Waals surface area contributed by atoms with E-state index in [0.29, 0.717) is 0 Å². The number of halogens is 1. The molecule has 0 amide bonds. The molecule has 17 heavy (non-hydrogen) atoms. The summed E-state index contributed by atoms with van der Waals surface area (Å²) >= 11 is 3.42. The molecule has 1 fully saturated rings. The van der Waals surface area contributed by atoms with Gasteiger partial charge in [0.1, 0.15) is 5.82 Å². The molecule has 2 aromatic rings. The summed E-state index contributed by atoms with van der Waals surface area (Å²) in [5.74, 6) is 0.762. The third kappa shape index (κ3) is 2.10. The Morgan fingerprint density at radius 1 is 1.00 bits per heavy atom. The number of hydrogen-bond donors (Lipinski definition) is 1. The van der Waals surface area contributed by atoms with Gasteiger partial charge in [0.15, 0.2) is 0 Å². The summed E-state index contributed by atoms with van der Waals surface area (Å²) in [6, 6.07) is 8.10. The number of benzene rings is 1. The molecule has 1 aromatic carbocycles. The van der Waals surface area contributed by atoms with Crippen LogP contribution in [-0.2, 0) is 5.54 Å². The molecule has 0 aliphatic heterocycles. The maximum atomic E-state index is 6.05. The first-order valence-corrected chi connectivity index (χ1v) is 6.34. The van der Waals surface area contributed by atoms with E-state index in [4.69, 9.17) is 5.73 Å². The van der Waals surface area contributed by atoms with Crippen molar-refractivity contribution >= 4 is 15.9 Å². The van der Waals surface area contributed by atoms with Gasteiger partial charge in [-0.15, -0.1) is 0 Å². The van der Waals surface area contributed by atoms with E-state index < -0.39 is 0 Å². The number of nitrogens with two attached hydrogens (primary N) is 1. The van der Waals surface area contributed by atoms with Crippen molar-refractivity contribution in [3.63, 3.8) is 0 Å². The van der Waals surface area contributed by atoms with Crippen LogP contribution in [0.5, 0.6) is 0 Å². The molecular weight excluding hydrogens is 278 g/mol. The van der Waals surface area contributed by atoms with Crippen LogP contribution in [0.1, 0.15) is 18.7 Å². The van der Waals surface area contributed by atoms with Gasteiger partial charge >= 0.3 is 0 Å². The second-order valence-corrected chi connectivity index (χ2v) is 5.37. The van der Waals surface area contributed by atoms with Crippen molar-refractivity contribution in [1.29, 1.82) is 0 Å². The summed E-state index contributed by atoms with van der Waals surface area (Å²) in [7, 11) is 0. The maximum Gasteiger partial charge on any atom is 0.148 e. The van der Waals surface area contributed by atoms with Gasteiger partial charge in [-0.3, -0.25) is 0 Å². The van der Waals surface area contributed by atoms with Gasteiger partial charge in [-0.05, 0) is 30.5 Å². The molecular formula is C13H12BrN3. The van der Waals surface area contributed by atoms with Crippen LogP contribution < -0.4 is 5.73 Å². The highest BCUT2D eigenvalue weighted by molar-refractivity contribution is 9.10. The molecule has 0 bridgehead atoms. The Hall–Kier alpha value is -1.26. The van der Waals surface area contributed by atoms with Crippen LogP contribution in [0.3, 0.4) is 0 Å². The van der Waals surface area contributed by atoms with E-state index in [1.54, 1.807) is 0 Å². The van der Waals surface area contributed by atoms with E-state index in [9.17, 15) is 0 Å². The molecule has 3 nitrogen and oxygen atoms in total. The van der Waals surface area contributed by atoms with E-state index >= 15 is 0 Å². The fourth-order valence-electron chi connectivity index (χ4n) is 1.73. The first-order chi connectivity index (χ1) is 8.17. The standard InChI is InChI=1S/C13H12BrN3/c14-11-3-1-9(2-4-11)10-7-16-12(17-8-10)13(15)5-6-13/h1-4,7-8H,5-6,15H2. The summed E-state index contributed by atoms with van der Waals surface area (Å²) in [6.07, 6.45) is 5.67. The molecule has 0 atom stereocenters. The van der Waals surface area contributed by atoms with Gasteiger partial charge in [0.25, 0.3) is 0 Å². The Morgan fingerprint density at radius 3 is 2.12 bits per heavy atom. The van der Waals surface area contributed by atoms with Crippen LogP contribution in [0.15, 0.2) is 41.1 Å². The minimum atomic E-state index is -0.252. The highest BCUT2D eigenvalue weighted by Gasteiger charge is 2.42. The van der Waals surface area contributed by atoms with Crippen LogP contribution in [0.2, 0.25) is 0 Å². The minimum Gasteiger partial charge on any atom is -0.319 e. The highest BCUT2D eigenvalue weighted by Crippen LogP contribution is 2.40. The molecule has 86 valence electrons. The molecule has 0 unspecified atom stereocenters. The predicted molar refractivity (Wildman–Crippen MR) is 70.3 cm³/mol. The van der Waals surface area contributed by atoms with Gasteiger partial charge in [0.05, 0.1) is 5.54 Å². The van der Waals surface area contributed by atoms with Crippen molar-refractivity contribution in [3.8, 4) is 11.1 Å². The summed E-state index contributed by atoms with van der Waals surface area (Å²) in [5, 5.41) is 0. The fraction of sp³-hybridized carbons (Fsp3) is 0.231. The van der Waals surface area contributed by atoms with Gasteiger partial charge in [0.2, 0.25) is 0 Å². The predicted octanol–water partition coefficient (Wildman–Crippen LogP) is 2.85. The number of aromatic nitrogens is 2.